The first-order chi connectivity index (χ1) is 16.8. The zero-order valence-corrected chi connectivity index (χ0v) is 19.7. The zero-order valence-electron chi connectivity index (χ0n) is 18.8. The summed E-state index contributed by atoms with van der Waals surface area (Å²) in [5.41, 5.74) is 4.06. The van der Waals surface area contributed by atoms with Crippen molar-refractivity contribution in [3.63, 3.8) is 0 Å². The molecular weight excluding hydrogens is 466 g/mol. The normalized spacial score (nSPS) is 10.7. The molecule has 1 heterocycles. The minimum absolute atomic E-state index is 0.0433. The van der Waals surface area contributed by atoms with Gasteiger partial charge in [-0.1, -0.05) is 48.5 Å². The summed E-state index contributed by atoms with van der Waals surface area (Å²) in [7, 11) is 0. The molecule has 3 N–H and O–H groups in total. The van der Waals surface area contributed by atoms with Crippen LogP contribution in [0.4, 0.5) is 11.4 Å². The Morgan fingerprint density at radius 1 is 0.914 bits per heavy atom. The first-order valence-corrected chi connectivity index (χ1v) is 11.6. The summed E-state index contributed by atoms with van der Waals surface area (Å²) in [6, 6.07) is 24.6. The van der Waals surface area contributed by atoms with Crippen molar-refractivity contribution in [3.05, 3.63) is 94.9 Å². The van der Waals surface area contributed by atoms with Crippen LogP contribution in [0, 0.1) is 6.92 Å². The minimum atomic E-state index is -1.18. The van der Waals surface area contributed by atoms with E-state index in [1.807, 2.05) is 60.7 Å². The summed E-state index contributed by atoms with van der Waals surface area (Å²) in [4.78, 5) is 25.5. The number of phenols is 1. The number of carbonyl (C=O) groups is 2. The summed E-state index contributed by atoms with van der Waals surface area (Å²) < 4.78 is 5.32. The monoisotopic (exact) mass is 489 g/mol. The van der Waals surface area contributed by atoms with Crippen molar-refractivity contribution < 1.29 is 29.6 Å². The largest absolute Gasteiger partial charge is 0.508 e. The molecule has 0 saturated carbocycles. The molecule has 0 bridgehead atoms. The van der Waals surface area contributed by atoms with Crippen LogP contribution in [-0.4, -0.2) is 33.9 Å². The van der Waals surface area contributed by atoms with Crippen LogP contribution < -0.4 is 9.64 Å². The van der Waals surface area contributed by atoms with Gasteiger partial charge in [0.1, 0.15) is 11.5 Å². The first kappa shape index (κ1) is 23.8. The predicted molar refractivity (Wildman–Crippen MR) is 135 cm³/mol. The molecule has 0 aliphatic carbocycles. The highest BCUT2D eigenvalue weighted by atomic mass is 32.1. The Balaban J connectivity index is 1.78. The van der Waals surface area contributed by atoms with Gasteiger partial charge in [0.05, 0.1) is 0 Å². The molecule has 35 heavy (non-hydrogen) atoms. The van der Waals surface area contributed by atoms with Gasteiger partial charge in [0.2, 0.25) is 0 Å². The topological polar surface area (TPSA) is 107 Å². The fraction of sp³-hybridized carbons (Fsp3) is 0.111. The molecule has 0 spiro atoms. The molecule has 0 unspecified atom stereocenters. The third kappa shape index (κ3) is 5.44. The van der Waals surface area contributed by atoms with Gasteiger partial charge >= 0.3 is 11.9 Å². The van der Waals surface area contributed by atoms with E-state index >= 15 is 0 Å². The molecule has 7 nitrogen and oxygen atoms in total. The second-order valence-corrected chi connectivity index (χ2v) is 8.86. The summed E-state index contributed by atoms with van der Waals surface area (Å²) in [5.74, 6) is -2.14. The van der Waals surface area contributed by atoms with Crippen LogP contribution in [0.1, 0.15) is 20.8 Å². The lowest BCUT2D eigenvalue weighted by molar-refractivity contribution is -0.139. The van der Waals surface area contributed by atoms with Crippen LogP contribution in [-0.2, 0) is 11.3 Å². The lowest BCUT2D eigenvalue weighted by Gasteiger charge is -2.26. The first-order valence-electron chi connectivity index (χ1n) is 10.8. The summed E-state index contributed by atoms with van der Waals surface area (Å²) in [6.45, 7) is 1.64. The van der Waals surface area contributed by atoms with Crippen molar-refractivity contribution in [3.8, 4) is 21.9 Å². The van der Waals surface area contributed by atoms with Gasteiger partial charge in [0.15, 0.2) is 11.5 Å². The second kappa shape index (κ2) is 10.3. The number of aromatic carboxylic acids is 1. The van der Waals surface area contributed by atoms with E-state index < -0.39 is 18.5 Å². The van der Waals surface area contributed by atoms with Crippen LogP contribution in [0.3, 0.4) is 0 Å². The maximum absolute atomic E-state index is 11.8. The standard InChI is InChI=1S/C27H23NO6S/c1-17-24(34-16-23(30)31)26(27(32)33)35-25(17)19-9-5-10-20(13-19)28(15-18-7-3-2-4-8-18)21-11-6-12-22(29)14-21/h2-14,29H,15-16H2,1H3,(H,30,31)(H,32,33). The van der Waals surface area contributed by atoms with Crippen molar-refractivity contribution in [2.45, 2.75) is 13.5 Å². The van der Waals surface area contributed by atoms with Crippen LogP contribution >= 0.6 is 11.3 Å². The third-order valence-corrected chi connectivity index (χ3v) is 6.68. The molecule has 0 amide bonds. The van der Waals surface area contributed by atoms with Crippen LogP contribution in [0.25, 0.3) is 10.4 Å². The van der Waals surface area contributed by atoms with E-state index in [0.717, 1.165) is 33.8 Å². The van der Waals surface area contributed by atoms with Gasteiger partial charge in [-0.05, 0) is 42.3 Å². The van der Waals surface area contributed by atoms with E-state index in [-0.39, 0.29) is 16.4 Å². The highest BCUT2D eigenvalue weighted by Crippen LogP contribution is 2.43. The Kier molecular flexibility index (Phi) is 7.03. The molecule has 0 aliphatic rings. The average Bonchev–Trinajstić information content (AvgIpc) is 3.18. The lowest BCUT2D eigenvalue weighted by atomic mass is 10.1. The van der Waals surface area contributed by atoms with Crippen molar-refractivity contribution in [1.29, 1.82) is 0 Å². The zero-order chi connectivity index (χ0) is 24.9. The maximum Gasteiger partial charge on any atom is 0.349 e. The van der Waals surface area contributed by atoms with E-state index in [0.29, 0.717) is 17.0 Å². The fourth-order valence-electron chi connectivity index (χ4n) is 3.80. The van der Waals surface area contributed by atoms with Gasteiger partial charge in [-0.3, -0.25) is 0 Å². The van der Waals surface area contributed by atoms with Gasteiger partial charge in [-0.2, -0.15) is 0 Å². The van der Waals surface area contributed by atoms with Crippen molar-refractivity contribution in [2.75, 3.05) is 11.5 Å². The van der Waals surface area contributed by atoms with Gasteiger partial charge in [-0.25, -0.2) is 9.59 Å². The number of aromatic hydroxyl groups is 1. The molecular formula is C27H23NO6S. The van der Waals surface area contributed by atoms with Crippen LogP contribution in [0.2, 0.25) is 0 Å². The molecule has 0 aliphatic heterocycles. The highest BCUT2D eigenvalue weighted by Gasteiger charge is 2.23. The Labute approximate surface area is 206 Å². The Hall–Kier alpha value is -4.30. The lowest BCUT2D eigenvalue weighted by Crippen LogP contribution is -2.16. The second-order valence-electron chi connectivity index (χ2n) is 7.84. The number of ether oxygens (including phenoxy) is 1. The number of hydrogen-bond acceptors (Lipinski definition) is 6. The number of anilines is 2. The molecule has 0 radical (unpaired) electrons. The van der Waals surface area contributed by atoms with Gasteiger partial charge in [-0.15, -0.1) is 11.3 Å². The quantitative estimate of drug-likeness (QED) is 0.267. The van der Waals surface area contributed by atoms with E-state index in [1.165, 1.54) is 0 Å². The van der Waals surface area contributed by atoms with E-state index in [1.54, 1.807) is 25.1 Å². The number of rotatable bonds is 9. The average molecular weight is 490 g/mol. The number of benzene rings is 3. The van der Waals surface area contributed by atoms with Gasteiger partial charge in [0, 0.05) is 34.4 Å². The summed E-state index contributed by atoms with van der Waals surface area (Å²) in [5, 5.41) is 28.7. The molecule has 8 heteroatoms. The number of aliphatic carboxylic acids is 1. The Morgan fingerprint density at radius 3 is 2.26 bits per heavy atom. The van der Waals surface area contributed by atoms with Gasteiger partial charge in [0.25, 0.3) is 0 Å². The molecule has 0 fully saturated rings. The van der Waals surface area contributed by atoms with E-state index in [4.69, 9.17) is 9.84 Å². The number of thiophene rings is 1. The van der Waals surface area contributed by atoms with Crippen molar-refractivity contribution >= 4 is 34.7 Å². The summed E-state index contributed by atoms with van der Waals surface area (Å²) >= 11 is 1.05. The molecule has 178 valence electrons. The molecule has 4 aromatic rings. The van der Waals surface area contributed by atoms with E-state index in [9.17, 15) is 19.8 Å². The number of phenolic OH excluding ortho intramolecular Hbond substituents is 1. The maximum atomic E-state index is 11.8. The number of carboxylic acids is 2. The van der Waals surface area contributed by atoms with Crippen molar-refractivity contribution in [2.24, 2.45) is 0 Å². The summed E-state index contributed by atoms with van der Waals surface area (Å²) in [6.07, 6.45) is 0. The van der Waals surface area contributed by atoms with Crippen LogP contribution in [0.15, 0.2) is 78.9 Å². The third-order valence-electron chi connectivity index (χ3n) is 5.37. The van der Waals surface area contributed by atoms with Crippen LogP contribution in [0.5, 0.6) is 11.5 Å². The Morgan fingerprint density at radius 2 is 1.60 bits per heavy atom. The predicted octanol–water partition coefficient (Wildman–Crippen LogP) is 5.93. The molecule has 4 rings (SSSR count). The number of carboxylic acid groups (broad SMARTS) is 2. The number of nitrogens with zero attached hydrogens (tertiary/aromatic N) is 1. The molecule has 0 atom stereocenters. The van der Waals surface area contributed by atoms with Gasteiger partial charge < -0.3 is 25.0 Å². The smallest absolute Gasteiger partial charge is 0.349 e. The number of hydrogen-bond donors (Lipinski definition) is 3. The fourth-order valence-corrected chi connectivity index (χ4v) is 4.88. The molecule has 3 aromatic carbocycles. The minimum Gasteiger partial charge on any atom is -0.508 e. The Bertz CT molecular complexity index is 1370. The highest BCUT2D eigenvalue weighted by molar-refractivity contribution is 7.18. The molecule has 0 saturated heterocycles. The van der Waals surface area contributed by atoms with Crippen molar-refractivity contribution in [1.82, 2.24) is 0 Å². The molecule has 1 aromatic heterocycles. The van der Waals surface area contributed by atoms with E-state index in [2.05, 4.69) is 4.90 Å². The SMILES string of the molecule is Cc1c(-c2cccc(N(Cc3ccccc3)c3cccc(O)c3)c2)sc(C(=O)O)c1OCC(=O)O.